The van der Waals surface area contributed by atoms with Gasteiger partial charge in [0.2, 0.25) is 88.6 Å². The van der Waals surface area contributed by atoms with Gasteiger partial charge in [-0.05, 0) is 133 Å². The van der Waals surface area contributed by atoms with Gasteiger partial charge in [0.05, 0.1) is 31.2 Å². The van der Waals surface area contributed by atoms with E-state index in [4.69, 9.17) is 34.4 Å². The van der Waals surface area contributed by atoms with E-state index in [0.29, 0.717) is 12.0 Å². The molecule has 0 saturated carbocycles. The SMILES string of the molecule is CC(C)C[C@H](NC(=O)[C@H](CC(=O)O)NC(=O)[C@@H]1CCCN1C(=O)[C@@H](N)Cc1ccc(O)cc1)C(=O)N[C@@H](CCCN=C(N)N)C(=O)N[C@@H](CCCN=C(N)N)C(=O)N[C@H](C(=O)N[C@@H](CCC(=O)O)C(=O)N[C@@H](CC(C)C)C(=O)N[C@H](C(=O)N[C@H](C(=O)N[C@H](C(=O)NCC(=O)N[C@@H](CCC(N)=O)C(=O)N[C@@H](C)C(=O)O)[C@@H](C)O)C(C)C)[C@@H](C)O)C(C)C. The molecule has 1 aliphatic rings. The molecule has 0 aromatic heterocycles. The Labute approximate surface area is 699 Å². The number of primary amides is 1. The van der Waals surface area contributed by atoms with Crippen LogP contribution in [0.4, 0.5) is 0 Å². The van der Waals surface area contributed by atoms with Crippen LogP contribution in [0.1, 0.15) is 165 Å². The van der Waals surface area contributed by atoms with E-state index in [2.05, 4.69) is 79.1 Å². The van der Waals surface area contributed by atoms with E-state index >= 15 is 0 Å². The Morgan fingerprint density at radius 3 is 1.30 bits per heavy atom. The van der Waals surface area contributed by atoms with Gasteiger partial charge < -0.3 is 139 Å². The largest absolute Gasteiger partial charge is 0.508 e. The summed E-state index contributed by atoms with van der Waals surface area (Å²) < 4.78 is 0. The van der Waals surface area contributed by atoms with E-state index < -0.39 is 259 Å². The number of carbonyl (C=O) groups excluding carboxylic acids is 15. The van der Waals surface area contributed by atoms with Crippen LogP contribution in [0.3, 0.4) is 0 Å². The summed E-state index contributed by atoms with van der Waals surface area (Å²) in [6.45, 7) is 14.7. The Morgan fingerprint density at radius 2 is 0.843 bits per heavy atom. The summed E-state index contributed by atoms with van der Waals surface area (Å²) in [5.41, 5.74) is 34.4. The van der Waals surface area contributed by atoms with Gasteiger partial charge in [-0.15, -0.1) is 0 Å². The van der Waals surface area contributed by atoms with Crippen molar-refractivity contribution < 1.29 is 117 Å². The molecule has 15 amide bonds. The monoisotopic (exact) mass is 1720 g/mol. The fourth-order valence-corrected chi connectivity index (χ4v) is 12.3. The number of likely N-dealkylation sites (tertiary alicyclic amines) is 1. The molecule has 31 N–H and O–H groups in total. The highest BCUT2D eigenvalue weighted by Gasteiger charge is 2.42. The number of amides is 15. The highest BCUT2D eigenvalue weighted by atomic mass is 16.4. The smallest absolute Gasteiger partial charge is 0.325 e. The molecule has 46 nitrogen and oxygen atoms in total. The van der Waals surface area contributed by atoms with Crippen molar-refractivity contribution >= 4 is 118 Å². The number of carbonyl (C=O) groups is 18. The summed E-state index contributed by atoms with van der Waals surface area (Å²) >= 11 is 0. The number of carboxylic acids is 3. The first kappa shape index (κ1) is 105. The van der Waals surface area contributed by atoms with Crippen LogP contribution in [-0.4, -0.2) is 277 Å². The van der Waals surface area contributed by atoms with E-state index in [9.17, 15) is 117 Å². The molecule has 678 valence electrons. The average molecular weight is 1720 g/mol. The number of aliphatic hydroxyl groups is 2. The molecule has 0 unspecified atom stereocenters. The topological polar surface area (TPSA) is 769 Å². The number of phenols is 1. The molecule has 16 atom stereocenters. The standard InChI is InChI=1S/C75H124N22O24/c1-34(2)29-48(91-65(112)50(32-55(105)106)92-67(114)51-17-14-28-97(51)72(119)43(76)31-41-18-20-42(100)21-19-41)64(111)88-44(15-12-26-82-74(78)79)61(108)87-45(16-13-27-83-75(80)81)63(110)93-56(36(5)6)69(116)89-47(23-25-54(103)104)62(109)90-49(30-35(3)4)66(113)95-59(40(11)99)71(118)94-57(37(7)8)70(117)96-58(39(10)98)68(115)84-33-53(102)86-46(22-24-52(77)101)60(107)85-38(9)73(120)121/h18-21,34-40,43-51,56-59,98-100H,12-17,22-33,76H2,1-11H3,(H2,77,101)(H,84,115)(H,85,107)(H,86,102)(H,87,108)(H,88,111)(H,89,116)(H,90,109)(H,91,112)(H,92,114)(H,93,110)(H,94,118)(H,95,113)(H,96,117)(H,103,104)(H,105,106)(H,120,121)(H4,78,79,82)(H4,80,81,83)/t38-,39+,40+,43-,44-,45-,46-,47-,48-,49-,50-,51-,56-,57-,58-,59-/m0/s1. The lowest BCUT2D eigenvalue weighted by molar-refractivity contribution is -0.143. The van der Waals surface area contributed by atoms with E-state index in [0.717, 1.165) is 20.8 Å². The molecule has 2 rings (SSSR count). The van der Waals surface area contributed by atoms with Gasteiger partial charge in [-0.2, -0.15) is 0 Å². The number of aliphatic carboxylic acids is 3. The number of nitrogens with one attached hydrogen (secondary N) is 13. The maximum atomic E-state index is 14.7. The van der Waals surface area contributed by atoms with Crippen LogP contribution in [0.2, 0.25) is 0 Å². The molecule has 0 aliphatic carbocycles. The molecule has 0 spiro atoms. The number of nitrogens with two attached hydrogens (primary N) is 6. The van der Waals surface area contributed by atoms with E-state index in [-0.39, 0.29) is 95.1 Å². The fourth-order valence-electron chi connectivity index (χ4n) is 12.3. The molecule has 1 heterocycles. The predicted molar refractivity (Wildman–Crippen MR) is 433 cm³/mol. The lowest BCUT2D eigenvalue weighted by atomic mass is 9.99. The molecule has 1 aromatic rings. The number of guanidine groups is 2. The van der Waals surface area contributed by atoms with Crippen molar-refractivity contribution in [2.24, 2.45) is 68.1 Å². The van der Waals surface area contributed by atoms with Gasteiger partial charge in [0.1, 0.15) is 84.3 Å². The molecule has 1 saturated heterocycles. The molecule has 0 bridgehead atoms. The van der Waals surface area contributed by atoms with Crippen molar-refractivity contribution in [3.05, 3.63) is 29.8 Å². The summed E-state index contributed by atoms with van der Waals surface area (Å²) in [6.07, 6.45) is -7.13. The fraction of sp³-hybridized carbons (Fsp3) is 0.653. The number of aromatic hydroxyl groups is 1. The molecule has 1 fully saturated rings. The number of aliphatic hydroxyl groups excluding tert-OH is 2. The zero-order valence-electron chi connectivity index (χ0n) is 69.9. The van der Waals surface area contributed by atoms with Crippen molar-refractivity contribution in [2.45, 2.75) is 263 Å². The number of benzene rings is 1. The number of hydrogen-bond donors (Lipinski definition) is 25. The number of aliphatic imine (C=N–C) groups is 2. The van der Waals surface area contributed by atoms with Gasteiger partial charge in [0, 0.05) is 32.5 Å². The van der Waals surface area contributed by atoms with E-state index in [1.807, 2.05) is 0 Å². The normalized spacial score (nSPS) is 16.2. The van der Waals surface area contributed by atoms with Crippen LogP contribution in [-0.2, 0) is 92.7 Å². The first-order valence-electron chi connectivity index (χ1n) is 39.6. The molecule has 121 heavy (non-hydrogen) atoms. The number of hydrogen-bond acceptors (Lipinski definition) is 24. The summed E-state index contributed by atoms with van der Waals surface area (Å²) in [6, 6.07) is -16.3. The lowest BCUT2D eigenvalue weighted by Crippen LogP contribution is -2.63. The lowest BCUT2D eigenvalue weighted by Gasteiger charge is -2.30. The number of carboxylic acid groups (broad SMARTS) is 3. The number of nitrogens with zero attached hydrogens (tertiary/aromatic N) is 3. The Balaban J connectivity index is 2.50. The van der Waals surface area contributed by atoms with Crippen LogP contribution in [0.5, 0.6) is 5.75 Å². The second-order valence-electron chi connectivity index (χ2n) is 31.0. The minimum absolute atomic E-state index is 0.0152. The summed E-state index contributed by atoms with van der Waals surface area (Å²) in [5.74, 6) is -23.2. The van der Waals surface area contributed by atoms with Gasteiger partial charge in [-0.3, -0.25) is 96.3 Å². The number of phenolic OH excluding ortho intramolecular Hbond substituents is 1. The van der Waals surface area contributed by atoms with E-state index in [1.54, 1.807) is 39.8 Å². The molecule has 0 radical (unpaired) electrons. The Bertz CT molecular complexity index is 3820. The molecular formula is C75H124N22O24. The van der Waals surface area contributed by atoms with Gasteiger partial charge in [0.25, 0.3) is 0 Å². The van der Waals surface area contributed by atoms with Gasteiger partial charge in [0.15, 0.2) is 11.9 Å². The quantitative estimate of drug-likeness (QED) is 0.0164. The first-order valence-corrected chi connectivity index (χ1v) is 39.6. The van der Waals surface area contributed by atoms with Crippen LogP contribution in [0, 0.1) is 23.7 Å². The van der Waals surface area contributed by atoms with Crippen LogP contribution in [0.15, 0.2) is 34.3 Å². The van der Waals surface area contributed by atoms with Gasteiger partial charge >= 0.3 is 17.9 Å². The highest BCUT2D eigenvalue weighted by Crippen LogP contribution is 2.22. The third kappa shape index (κ3) is 38.7. The maximum Gasteiger partial charge on any atom is 0.325 e. The average Bonchev–Trinajstić information content (AvgIpc) is 1.60. The van der Waals surface area contributed by atoms with Gasteiger partial charge in [-0.1, -0.05) is 67.5 Å². The minimum atomic E-state index is -1.92. The Morgan fingerprint density at radius 1 is 0.455 bits per heavy atom. The second-order valence-corrected chi connectivity index (χ2v) is 31.0. The first-order chi connectivity index (χ1) is 56.4. The maximum absolute atomic E-state index is 14.7. The number of rotatable bonds is 54. The van der Waals surface area contributed by atoms with E-state index in [1.165, 1.54) is 44.7 Å². The summed E-state index contributed by atoms with van der Waals surface area (Å²) in [5, 5.41) is 91.5. The highest BCUT2D eigenvalue weighted by molar-refractivity contribution is 6.01. The third-order valence-electron chi connectivity index (χ3n) is 18.8. The third-order valence-corrected chi connectivity index (χ3v) is 18.8. The van der Waals surface area contributed by atoms with Crippen molar-refractivity contribution in [3.63, 3.8) is 0 Å². The van der Waals surface area contributed by atoms with Crippen molar-refractivity contribution in [3.8, 4) is 5.75 Å². The Kier molecular flexibility index (Phi) is 45.2. The zero-order chi connectivity index (χ0) is 92.0. The molecule has 1 aliphatic heterocycles. The predicted octanol–water partition coefficient (Wildman–Crippen LogP) is -7.83. The van der Waals surface area contributed by atoms with Crippen LogP contribution < -0.4 is 104 Å². The minimum Gasteiger partial charge on any atom is -0.508 e. The van der Waals surface area contributed by atoms with Crippen molar-refractivity contribution in [1.29, 1.82) is 0 Å². The second kappa shape index (κ2) is 52.1. The summed E-state index contributed by atoms with van der Waals surface area (Å²) in [4.78, 5) is 253. The zero-order valence-corrected chi connectivity index (χ0v) is 69.9. The molecule has 1 aromatic carbocycles. The summed E-state index contributed by atoms with van der Waals surface area (Å²) in [7, 11) is 0. The molecular weight excluding hydrogens is 1590 g/mol. The van der Waals surface area contributed by atoms with Crippen molar-refractivity contribution in [2.75, 3.05) is 26.2 Å². The van der Waals surface area contributed by atoms with Crippen LogP contribution >= 0.6 is 0 Å². The Hall–Kier alpha value is -12.1. The van der Waals surface area contributed by atoms with Gasteiger partial charge in [-0.25, -0.2) is 0 Å². The van der Waals surface area contributed by atoms with Crippen LogP contribution in [0.25, 0.3) is 0 Å². The van der Waals surface area contributed by atoms with Crippen molar-refractivity contribution in [1.82, 2.24) is 74.0 Å². The molecule has 46 heteroatoms.